The first-order valence-corrected chi connectivity index (χ1v) is 9.64. The number of nitrogens with one attached hydrogen (secondary N) is 1. The highest BCUT2D eigenvalue weighted by Crippen LogP contribution is 2.29. The van der Waals surface area contributed by atoms with Gasteiger partial charge in [0.15, 0.2) is 0 Å². The van der Waals surface area contributed by atoms with Gasteiger partial charge in [0.05, 0.1) is 0 Å². The fourth-order valence-electron chi connectivity index (χ4n) is 3.16. The van der Waals surface area contributed by atoms with Gasteiger partial charge in [-0.1, -0.05) is 42.3 Å². The van der Waals surface area contributed by atoms with Crippen LogP contribution in [0.15, 0.2) is 41.2 Å². The van der Waals surface area contributed by atoms with E-state index in [1.807, 2.05) is 6.07 Å². The van der Waals surface area contributed by atoms with E-state index >= 15 is 0 Å². The molecule has 2 aromatic rings. The Bertz CT molecular complexity index is 787. The molecule has 0 radical (unpaired) electrons. The molecule has 0 spiro atoms. The molecule has 1 amide bonds. The van der Waals surface area contributed by atoms with Crippen LogP contribution in [-0.4, -0.2) is 24.6 Å². The Morgan fingerprint density at radius 2 is 1.89 bits per heavy atom. The Hall–Kier alpha value is -2.11. The zero-order valence-corrected chi connectivity index (χ0v) is 16.4. The lowest BCUT2D eigenvalue weighted by Crippen LogP contribution is -2.13. The van der Waals surface area contributed by atoms with E-state index < -0.39 is 0 Å². The summed E-state index contributed by atoms with van der Waals surface area (Å²) in [4.78, 5) is 25.8. The molecule has 2 rings (SSSR count). The second-order valence-electron chi connectivity index (χ2n) is 6.69. The summed E-state index contributed by atoms with van der Waals surface area (Å²) in [6, 6.07) is 11.9. The van der Waals surface area contributed by atoms with Gasteiger partial charge in [0.25, 0.3) is 5.56 Å². The van der Waals surface area contributed by atoms with Crippen LogP contribution in [0, 0.1) is 0 Å². The molecule has 1 atom stereocenters. The molecule has 0 saturated heterocycles. The van der Waals surface area contributed by atoms with Crippen LogP contribution in [0.2, 0.25) is 5.02 Å². The van der Waals surface area contributed by atoms with Crippen molar-refractivity contribution in [1.82, 2.24) is 4.98 Å². The number of methoxy groups -OCH3 is 1. The molecule has 3 N–H and O–H groups in total. The van der Waals surface area contributed by atoms with Crippen LogP contribution in [0.4, 0.5) is 0 Å². The number of primary amides is 1. The van der Waals surface area contributed by atoms with Crippen LogP contribution in [0.25, 0.3) is 0 Å². The van der Waals surface area contributed by atoms with E-state index in [-0.39, 0.29) is 22.4 Å². The monoisotopic (exact) mass is 390 g/mol. The number of unbranched alkanes of at least 4 members (excludes halogenated alkanes) is 1. The largest absolute Gasteiger partial charge is 0.385 e. The molecular formula is C21H27ClN2O3. The molecule has 0 bridgehead atoms. The second kappa shape index (κ2) is 10.9. The summed E-state index contributed by atoms with van der Waals surface area (Å²) in [5.41, 5.74) is 8.15. The zero-order chi connectivity index (χ0) is 19.6. The van der Waals surface area contributed by atoms with Crippen molar-refractivity contribution in [3.05, 3.63) is 68.6 Å². The molecule has 0 saturated carbocycles. The number of carbonyl (C=O) groups excluding carboxylic acids is 1. The van der Waals surface area contributed by atoms with Gasteiger partial charge in [-0.3, -0.25) is 9.59 Å². The van der Waals surface area contributed by atoms with Gasteiger partial charge in [-0.05, 0) is 48.9 Å². The Labute approximate surface area is 164 Å². The number of carbonyl (C=O) groups is 1. The number of aromatic amines is 1. The van der Waals surface area contributed by atoms with E-state index in [1.54, 1.807) is 13.2 Å². The molecule has 1 heterocycles. The van der Waals surface area contributed by atoms with Crippen LogP contribution < -0.4 is 11.3 Å². The van der Waals surface area contributed by atoms with Gasteiger partial charge in [0.2, 0.25) is 5.91 Å². The van der Waals surface area contributed by atoms with Crippen molar-refractivity contribution in [3.8, 4) is 0 Å². The van der Waals surface area contributed by atoms with E-state index in [0.717, 1.165) is 50.0 Å². The summed E-state index contributed by atoms with van der Waals surface area (Å²) >= 11 is 5.87. The normalized spacial score (nSPS) is 12.1. The molecule has 6 heteroatoms. The van der Waals surface area contributed by atoms with Crippen LogP contribution in [0.5, 0.6) is 0 Å². The maximum absolute atomic E-state index is 11.9. The SMILES string of the molecule is COCCCc1ccc(C(CCCCC(N)=O)c2ccc(Cl)c(=O)[nH]2)cc1. The number of hydrogen-bond acceptors (Lipinski definition) is 3. The fourth-order valence-corrected chi connectivity index (χ4v) is 3.27. The molecule has 1 aromatic carbocycles. The Morgan fingerprint density at radius 3 is 2.52 bits per heavy atom. The van der Waals surface area contributed by atoms with E-state index in [1.165, 1.54) is 5.56 Å². The van der Waals surface area contributed by atoms with Gasteiger partial charge in [0, 0.05) is 31.7 Å². The van der Waals surface area contributed by atoms with Crippen molar-refractivity contribution in [2.24, 2.45) is 5.73 Å². The maximum atomic E-state index is 11.9. The number of pyridine rings is 1. The van der Waals surface area contributed by atoms with Gasteiger partial charge in [-0.25, -0.2) is 0 Å². The highest BCUT2D eigenvalue weighted by Gasteiger charge is 2.16. The smallest absolute Gasteiger partial charge is 0.266 e. The molecule has 1 unspecified atom stereocenters. The van der Waals surface area contributed by atoms with E-state index in [2.05, 4.69) is 29.2 Å². The van der Waals surface area contributed by atoms with E-state index in [9.17, 15) is 9.59 Å². The number of nitrogens with two attached hydrogens (primary N) is 1. The van der Waals surface area contributed by atoms with E-state index in [0.29, 0.717) is 6.42 Å². The number of hydrogen-bond donors (Lipinski definition) is 2. The Morgan fingerprint density at radius 1 is 1.15 bits per heavy atom. The number of halogens is 1. The molecule has 0 aliphatic heterocycles. The third-order valence-electron chi connectivity index (χ3n) is 4.62. The Kier molecular flexibility index (Phi) is 8.55. The summed E-state index contributed by atoms with van der Waals surface area (Å²) in [5, 5.41) is 0.180. The fraction of sp³-hybridized carbons (Fsp3) is 0.429. The van der Waals surface area contributed by atoms with Crippen LogP contribution in [0.1, 0.15) is 54.8 Å². The summed E-state index contributed by atoms with van der Waals surface area (Å²) in [5.74, 6) is -0.247. The predicted octanol–water partition coefficient (Wildman–Crippen LogP) is 3.78. The molecule has 1 aromatic heterocycles. The minimum Gasteiger partial charge on any atom is -0.385 e. The number of benzene rings is 1. The molecule has 27 heavy (non-hydrogen) atoms. The minimum absolute atomic E-state index is 0.0378. The quantitative estimate of drug-likeness (QED) is 0.572. The summed E-state index contributed by atoms with van der Waals surface area (Å²) < 4.78 is 5.10. The van der Waals surface area contributed by atoms with Gasteiger partial charge < -0.3 is 15.5 Å². The van der Waals surface area contributed by atoms with Crippen LogP contribution >= 0.6 is 11.6 Å². The van der Waals surface area contributed by atoms with Crippen molar-refractivity contribution in [2.45, 2.75) is 44.4 Å². The highest BCUT2D eigenvalue weighted by molar-refractivity contribution is 6.30. The first-order valence-electron chi connectivity index (χ1n) is 9.26. The standard InChI is InChI=1S/C21H27ClN2O3/c1-27-14-4-5-15-8-10-16(11-9-15)17(6-2-3-7-20(23)25)19-13-12-18(22)21(26)24-19/h8-13,17H,2-7,14H2,1H3,(H2,23,25)(H,24,26). The molecule has 0 fully saturated rings. The van der Waals surface area contributed by atoms with Gasteiger partial charge in [-0.2, -0.15) is 0 Å². The molecule has 5 nitrogen and oxygen atoms in total. The first-order chi connectivity index (χ1) is 13.0. The minimum atomic E-state index is -0.285. The number of aromatic nitrogens is 1. The zero-order valence-electron chi connectivity index (χ0n) is 15.7. The Balaban J connectivity index is 2.16. The van der Waals surface area contributed by atoms with Gasteiger partial charge in [-0.15, -0.1) is 0 Å². The maximum Gasteiger partial charge on any atom is 0.266 e. The molecule has 0 aliphatic carbocycles. The van der Waals surface area contributed by atoms with Crippen molar-refractivity contribution in [1.29, 1.82) is 0 Å². The third kappa shape index (κ3) is 6.85. The van der Waals surface area contributed by atoms with Gasteiger partial charge >= 0.3 is 0 Å². The number of amides is 1. The number of H-pyrrole nitrogens is 1. The lowest BCUT2D eigenvalue weighted by molar-refractivity contribution is -0.118. The lowest BCUT2D eigenvalue weighted by Gasteiger charge is -2.18. The molecule has 0 aliphatic rings. The first kappa shape index (κ1) is 21.2. The van der Waals surface area contributed by atoms with Crippen molar-refractivity contribution in [3.63, 3.8) is 0 Å². The number of aryl methyl sites for hydroxylation is 1. The molecule has 146 valence electrons. The molecular weight excluding hydrogens is 364 g/mol. The van der Waals surface area contributed by atoms with Crippen molar-refractivity contribution < 1.29 is 9.53 Å². The van der Waals surface area contributed by atoms with Crippen LogP contribution in [-0.2, 0) is 16.0 Å². The topological polar surface area (TPSA) is 85.2 Å². The highest BCUT2D eigenvalue weighted by atomic mass is 35.5. The number of ether oxygens (including phenoxy) is 1. The summed E-state index contributed by atoms with van der Waals surface area (Å²) in [7, 11) is 1.71. The summed E-state index contributed by atoms with van der Waals surface area (Å²) in [6.45, 7) is 0.746. The van der Waals surface area contributed by atoms with Crippen LogP contribution in [0.3, 0.4) is 0 Å². The lowest BCUT2D eigenvalue weighted by atomic mass is 9.89. The third-order valence-corrected chi connectivity index (χ3v) is 4.92. The predicted molar refractivity (Wildman–Crippen MR) is 108 cm³/mol. The average molecular weight is 391 g/mol. The van der Waals surface area contributed by atoms with Crippen molar-refractivity contribution >= 4 is 17.5 Å². The average Bonchev–Trinajstić information content (AvgIpc) is 2.65. The second-order valence-corrected chi connectivity index (χ2v) is 7.10. The van der Waals surface area contributed by atoms with Gasteiger partial charge in [0.1, 0.15) is 5.02 Å². The van der Waals surface area contributed by atoms with Crippen molar-refractivity contribution in [2.75, 3.05) is 13.7 Å². The number of rotatable bonds is 11. The summed E-state index contributed by atoms with van der Waals surface area (Å²) in [6.07, 6.45) is 4.72. The van der Waals surface area contributed by atoms with E-state index in [4.69, 9.17) is 22.1 Å².